The smallest absolute Gasteiger partial charge is 0.303 e. The molecule has 6 heteroatoms. The lowest BCUT2D eigenvalue weighted by atomic mass is 9.98. The summed E-state index contributed by atoms with van der Waals surface area (Å²) in [5, 5.41) is 9.08. The van der Waals surface area contributed by atoms with Crippen molar-refractivity contribution in [1.29, 1.82) is 0 Å². The Balaban J connectivity index is 1.28. The summed E-state index contributed by atoms with van der Waals surface area (Å²) < 4.78 is 17.8. The molecule has 0 saturated carbocycles. The van der Waals surface area contributed by atoms with E-state index >= 15 is 0 Å². The molecule has 34 heavy (non-hydrogen) atoms. The average molecular weight is 464 g/mol. The zero-order valence-electron chi connectivity index (χ0n) is 20.0. The maximum atomic E-state index is 11.0. The van der Waals surface area contributed by atoms with Gasteiger partial charge in [-0.3, -0.25) is 4.79 Å². The number of hydrogen-bond donors (Lipinski definition) is 1. The van der Waals surface area contributed by atoms with E-state index in [0.29, 0.717) is 19.1 Å². The van der Waals surface area contributed by atoms with Crippen LogP contribution in [0.25, 0.3) is 11.5 Å². The van der Waals surface area contributed by atoms with Crippen molar-refractivity contribution >= 4 is 5.97 Å². The molecule has 180 valence electrons. The Kier molecular flexibility index (Phi) is 7.88. The Morgan fingerprint density at radius 1 is 1.15 bits per heavy atom. The molecule has 4 rings (SSSR count). The molecule has 1 aliphatic rings. The largest absolute Gasteiger partial charge is 0.493 e. The highest BCUT2D eigenvalue weighted by atomic mass is 16.5. The van der Waals surface area contributed by atoms with E-state index in [9.17, 15) is 4.79 Å². The average Bonchev–Trinajstić information content (AvgIpc) is 3.47. The number of hydrogen-bond acceptors (Lipinski definition) is 5. The number of oxazole rings is 1. The van der Waals surface area contributed by atoms with Gasteiger partial charge in [-0.05, 0) is 72.2 Å². The third kappa shape index (κ3) is 5.79. The minimum Gasteiger partial charge on any atom is -0.493 e. The molecule has 1 aromatic heterocycles. The number of aromatic nitrogens is 1. The second-order valence-electron chi connectivity index (χ2n) is 8.80. The molecule has 3 aromatic rings. The summed E-state index contributed by atoms with van der Waals surface area (Å²) in [7, 11) is 0. The van der Waals surface area contributed by atoms with Crippen molar-refractivity contribution in [2.45, 2.75) is 64.7 Å². The van der Waals surface area contributed by atoms with Crippen LogP contribution in [-0.2, 0) is 24.1 Å². The van der Waals surface area contributed by atoms with Gasteiger partial charge in [0.1, 0.15) is 17.3 Å². The van der Waals surface area contributed by atoms with E-state index in [0.717, 1.165) is 72.5 Å². The fourth-order valence-corrected chi connectivity index (χ4v) is 4.55. The van der Waals surface area contributed by atoms with E-state index in [1.165, 1.54) is 5.56 Å². The SMILES string of the molecule is CCCc1cc(-c2ncc(CC)o2)ccc1OCCCOc1ccc2c(c1)CC[C@H]2CC(=O)O. The lowest BCUT2D eigenvalue weighted by Crippen LogP contribution is -2.07. The minimum absolute atomic E-state index is 0.121. The molecule has 6 nitrogen and oxygen atoms in total. The highest BCUT2D eigenvalue weighted by molar-refractivity contribution is 5.68. The van der Waals surface area contributed by atoms with E-state index in [1.54, 1.807) is 6.20 Å². The van der Waals surface area contributed by atoms with Crippen molar-refractivity contribution < 1.29 is 23.8 Å². The van der Waals surface area contributed by atoms with Crippen molar-refractivity contribution in [2.75, 3.05) is 13.2 Å². The van der Waals surface area contributed by atoms with Crippen molar-refractivity contribution in [3.63, 3.8) is 0 Å². The summed E-state index contributed by atoms with van der Waals surface area (Å²) in [4.78, 5) is 15.4. The van der Waals surface area contributed by atoms with E-state index in [2.05, 4.69) is 31.0 Å². The van der Waals surface area contributed by atoms with Gasteiger partial charge in [-0.15, -0.1) is 0 Å². The quantitative estimate of drug-likeness (QED) is 0.322. The molecule has 0 aliphatic heterocycles. The van der Waals surface area contributed by atoms with Crippen LogP contribution in [0.5, 0.6) is 11.5 Å². The summed E-state index contributed by atoms with van der Waals surface area (Å²) >= 11 is 0. The number of ether oxygens (including phenoxy) is 2. The maximum Gasteiger partial charge on any atom is 0.303 e. The molecule has 1 heterocycles. The first-order valence-electron chi connectivity index (χ1n) is 12.3. The standard InChI is InChI=1S/C28H33NO5/c1-3-6-21-15-22(28-29-18-23(4-2)34-28)9-12-26(21)33-14-5-13-32-24-10-11-25-19(16-24)7-8-20(25)17-27(30)31/h9-12,15-16,18,20H,3-8,13-14,17H2,1-2H3,(H,30,31)/t20-/m0/s1. The second-order valence-corrected chi connectivity index (χ2v) is 8.80. The first kappa shape index (κ1) is 23.9. The molecule has 0 saturated heterocycles. The van der Waals surface area contributed by atoms with Crippen LogP contribution in [0.3, 0.4) is 0 Å². The van der Waals surface area contributed by atoms with E-state index < -0.39 is 5.97 Å². The normalized spacial score (nSPS) is 14.7. The summed E-state index contributed by atoms with van der Waals surface area (Å²) in [5.74, 6) is 2.65. The van der Waals surface area contributed by atoms with E-state index in [1.807, 2.05) is 24.3 Å². The number of rotatable bonds is 12. The Morgan fingerprint density at radius 3 is 2.76 bits per heavy atom. The number of nitrogens with zero attached hydrogens (tertiary/aromatic N) is 1. The van der Waals surface area contributed by atoms with Crippen molar-refractivity contribution in [2.24, 2.45) is 0 Å². The Hall–Kier alpha value is -3.28. The molecule has 0 radical (unpaired) electrons. The predicted molar refractivity (Wildman–Crippen MR) is 131 cm³/mol. The summed E-state index contributed by atoms with van der Waals surface area (Å²) in [6, 6.07) is 12.2. The zero-order valence-corrected chi connectivity index (χ0v) is 20.0. The third-order valence-electron chi connectivity index (χ3n) is 6.28. The fraction of sp³-hybridized carbons (Fsp3) is 0.429. The number of fused-ring (bicyclic) bond motifs is 1. The van der Waals surface area contributed by atoms with Crippen LogP contribution in [0.4, 0.5) is 0 Å². The van der Waals surface area contributed by atoms with Crippen molar-refractivity contribution in [1.82, 2.24) is 4.98 Å². The van der Waals surface area contributed by atoms with Crippen LogP contribution in [0, 0.1) is 0 Å². The zero-order chi connectivity index (χ0) is 23.9. The van der Waals surface area contributed by atoms with Gasteiger partial charge in [0.05, 0.1) is 25.8 Å². The molecular weight excluding hydrogens is 430 g/mol. The Bertz CT molecular complexity index is 1120. The summed E-state index contributed by atoms with van der Waals surface area (Å²) in [6.45, 7) is 5.34. The van der Waals surface area contributed by atoms with Gasteiger partial charge in [0.25, 0.3) is 0 Å². The number of carbonyl (C=O) groups is 1. The maximum absolute atomic E-state index is 11.0. The van der Waals surface area contributed by atoms with Crippen LogP contribution in [-0.4, -0.2) is 29.3 Å². The summed E-state index contributed by atoms with van der Waals surface area (Å²) in [5.41, 5.74) is 4.50. The van der Waals surface area contributed by atoms with Gasteiger partial charge in [0, 0.05) is 18.4 Å². The van der Waals surface area contributed by atoms with Gasteiger partial charge in [-0.2, -0.15) is 0 Å². The molecule has 0 fully saturated rings. The van der Waals surface area contributed by atoms with Crippen LogP contribution in [0.15, 0.2) is 47.0 Å². The highest BCUT2D eigenvalue weighted by Crippen LogP contribution is 2.37. The molecule has 0 spiro atoms. The molecular formula is C28H33NO5. The number of carboxylic acid groups (broad SMARTS) is 1. The van der Waals surface area contributed by atoms with Crippen LogP contribution >= 0.6 is 0 Å². The Morgan fingerprint density at radius 2 is 2.00 bits per heavy atom. The third-order valence-corrected chi connectivity index (χ3v) is 6.28. The highest BCUT2D eigenvalue weighted by Gasteiger charge is 2.24. The molecule has 0 bridgehead atoms. The van der Waals surface area contributed by atoms with Gasteiger partial charge in [0.15, 0.2) is 0 Å². The van der Waals surface area contributed by atoms with Gasteiger partial charge < -0.3 is 19.0 Å². The van der Waals surface area contributed by atoms with Gasteiger partial charge in [0.2, 0.25) is 5.89 Å². The van der Waals surface area contributed by atoms with Gasteiger partial charge in [-0.25, -0.2) is 4.98 Å². The molecule has 2 aromatic carbocycles. The van der Waals surface area contributed by atoms with Crippen molar-refractivity contribution in [3.8, 4) is 23.0 Å². The second kappa shape index (κ2) is 11.2. The van der Waals surface area contributed by atoms with Crippen LogP contribution in [0.2, 0.25) is 0 Å². The predicted octanol–water partition coefficient (Wildman–Crippen LogP) is 6.21. The molecule has 1 aliphatic carbocycles. The minimum atomic E-state index is -0.738. The first-order chi connectivity index (χ1) is 16.6. The first-order valence-corrected chi connectivity index (χ1v) is 12.3. The number of carboxylic acids is 1. The van der Waals surface area contributed by atoms with E-state index in [-0.39, 0.29) is 12.3 Å². The van der Waals surface area contributed by atoms with Gasteiger partial charge >= 0.3 is 5.97 Å². The molecule has 0 unspecified atom stereocenters. The van der Waals surface area contributed by atoms with Crippen molar-refractivity contribution in [3.05, 3.63) is 65.0 Å². The number of aliphatic carboxylic acids is 1. The van der Waals surface area contributed by atoms with E-state index in [4.69, 9.17) is 19.0 Å². The molecule has 1 atom stereocenters. The Labute approximate surface area is 200 Å². The van der Waals surface area contributed by atoms with Gasteiger partial charge in [-0.1, -0.05) is 26.3 Å². The lowest BCUT2D eigenvalue weighted by Gasteiger charge is -2.13. The van der Waals surface area contributed by atoms with Crippen LogP contribution < -0.4 is 9.47 Å². The monoisotopic (exact) mass is 463 g/mol. The molecule has 0 amide bonds. The molecule has 1 N–H and O–H groups in total. The summed E-state index contributed by atoms with van der Waals surface area (Å²) in [6.07, 6.45) is 7.35. The fourth-order valence-electron chi connectivity index (χ4n) is 4.55. The topological polar surface area (TPSA) is 81.8 Å². The number of benzene rings is 2. The van der Waals surface area contributed by atoms with Crippen LogP contribution in [0.1, 0.15) is 67.9 Å². The number of aryl methyl sites for hydroxylation is 3. The lowest BCUT2D eigenvalue weighted by molar-refractivity contribution is -0.137.